The summed E-state index contributed by atoms with van der Waals surface area (Å²) in [7, 11) is 0. The van der Waals surface area contributed by atoms with E-state index < -0.39 is 5.97 Å². The summed E-state index contributed by atoms with van der Waals surface area (Å²) in [6.07, 6.45) is 3.99. The molecule has 0 saturated carbocycles. The van der Waals surface area contributed by atoms with Crippen LogP contribution in [0.5, 0.6) is 11.5 Å². The highest BCUT2D eigenvalue weighted by Gasteiger charge is 2.16. The summed E-state index contributed by atoms with van der Waals surface area (Å²) in [4.78, 5) is 22.0. The molecule has 0 radical (unpaired) electrons. The Bertz CT molecular complexity index is 519. The fourth-order valence-electron chi connectivity index (χ4n) is 1.77. The van der Waals surface area contributed by atoms with Crippen molar-refractivity contribution < 1.29 is 23.8 Å². The van der Waals surface area contributed by atoms with Crippen LogP contribution in [0, 0.1) is 0 Å². The first-order valence-corrected chi connectivity index (χ1v) is 5.95. The minimum Gasteiger partial charge on any atom is -0.463 e. The maximum atomic E-state index is 11.3. The zero-order chi connectivity index (χ0) is 13.7. The molecule has 0 N–H and O–H groups in total. The van der Waals surface area contributed by atoms with Crippen LogP contribution in [0.15, 0.2) is 18.2 Å². The van der Waals surface area contributed by atoms with Gasteiger partial charge in [-0.1, -0.05) is 0 Å². The van der Waals surface area contributed by atoms with Crippen molar-refractivity contribution >= 4 is 18.3 Å². The van der Waals surface area contributed by atoms with Gasteiger partial charge in [0.15, 0.2) is 11.5 Å². The average molecular weight is 262 g/mol. The molecule has 5 heteroatoms. The van der Waals surface area contributed by atoms with E-state index in [4.69, 9.17) is 14.2 Å². The smallest absolute Gasteiger partial charge is 0.330 e. The summed E-state index contributed by atoms with van der Waals surface area (Å²) < 4.78 is 15.3. The Labute approximate surface area is 110 Å². The number of carbonyl (C=O) groups is 2. The molecule has 1 heterocycles. The van der Waals surface area contributed by atoms with Crippen LogP contribution in [0.25, 0.3) is 6.08 Å². The second-order valence-corrected chi connectivity index (χ2v) is 3.86. The summed E-state index contributed by atoms with van der Waals surface area (Å²) in [5, 5.41) is 0. The van der Waals surface area contributed by atoms with Gasteiger partial charge in [0.25, 0.3) is 0 Å². The Balaban J connectivity index is 2.27. The van der Waals surface area contributed by atoms with E-state index in [2.05, 4.69) is 0 Å². The van der Waals surface area contributed by atoms with Crippen LogP contribution in [0.3, 0.4) is 0 Å². The molecule has 0 saturated heterocycles. The summed E-state index contributed by atoms with van der Waals surface area (Å²) in [5.74, 6) is 0.806. The molecule has 0 bridgehead atoms. The van der Waals surface area contributed by atoms with Gasteiger partial charge in [0.05, 0.1) is 6.61 Å². The van der Waals surface area contributed by atoms with Crippen molar-refractivity contribution in [2.24, 2.45) is 0 Å². The molecule has 19 heavy (non-hydrogen) atoms. The maximum Gasteiger partial charge on any atom is 0.330 e. The topological polar surface area (TPSA) is 61.8 Å². The molecule has 5 nitrogen and oxygen atoms in total. The molecule has 100 valence electrons. The lowest BCUT2D eigenvalue weighted by atomic mass is 10.0. The molecule has 0 fully saturated rings. The molecule has 0 aromatic heterocycles. The third-order valence-corrected chi connectivity index (χ3v) is 2.62. The van der Waals surface area contributed by atoms with Gasteiger partial charge in [-0.3, -0.25) is 0 Å². The number of hydrogen-bond acceptors (Lipinski definition) is 5. The molecule has 1 aliphatic heterocycles. The van der Waals surface area contributed by atoms with Crippen LogP contribution in [0.1, 0.15) is 18.1 Å². The van der Waals surface area contributed by atoms with Crippen LogP contribution in [0.4, 0.5) is 0 Å². The molecular weight excluding hydrogens is 248 g/mol. The highest BCUT2D eigenvalue weighted by atomic mass is 16.7. The quantitative estimate of drug-likeness (QED) is 0.459. The number of benzene rings is 1. The lowest BCUT2D eigenvalue weighted by Crippen LogP contribution is -1.99. The largest absolute Gasteiger partial charge is 0.463 e. The standard InChI is InChI=1S/C14H14O5/c1-2-17-14(16)4-3-10-7-12-13(19-9-18-12)8-11(10)5-6-15/h3-4,6-8H,2,5,9H2,1H3/b4-3+. The Morgan fingerprint density at radius 2 is 2.11 bits per heavy atom. The van der Waals surface area contributed by atoms with Gasteiger partial charge in [-0.25, -0.2) is 4.79 Å². The Morgan fingerprint density at radius 3 is 2.79 bits per heavy atom. The van der Waals surface area contributed by atoms with Crippen molar-refractivity contribution in [3.63, 3.8) is 0 Å². The van der Waals surface area contributed by atoms with E-state index in [-0.39, 0.29) is 13.2 Å². The van der Waals surface area contributed by atoms with Gasteiger partial charge in [0.2, 0.25) is 6.79 Å². The molecule has 1 aliphatic rings. The van der Waals surface area contributed by atoms with E-state index in [1.54, 1.807) is 25.1 Å². The number of carbonyl (C=O) groups excluding carboxylic acids is 2. The van der Waals surface area contributed by atoms with Crippen molar-refractivity contribution in [2.45, 2.75) is 13.3 Å². The molecule has 0 unspecified atom stereocenters. The second-order valence-electron chi connectivity index (χ2n) is 3.86. The van der Waals surface area contributed by atoms with E-state index in [0.717, 1.165) is 17.4 Å². The zero-order valence-electron chi connectivity index (χ0n) is 10.5. The van der Waals surface area contributed by atoms with E-state index >= 15 is 0 Å². The van der Waals surface area contributed by atoms with Gasteiger partial charge in [-0.05, 0) is 36.3 Å². The molecule has 1 aromatic rings. The lowest BCUT2D eigenvalue weighted by molar-refractivity contribution is -0.137. The first-order chi connectivity index (χ1) is 9.24. The highest BCUT2D eigenvalue weighted by molar-refractivity contribution is 5.87. The fourth-order valence-corrected chi connectivity index (χ4v) is 1.77. The molecule has 0 spiro atoms. The minimum absolute atomic E-state index is 0.168. The van der Waals surface area contributed by atoms with Crippen molar-refractivity contribution in [3.8, 4) is 11.5 Å². The number of hydrogen-bond donors (Lipinski definition) is 0. The summed E-state index contributed by atoms with van der Waals surface area (Å²) >= 11 is 0. The van der Waals surface area contributed by atoms with Gasteiger partial charge < -0.3 is 19.0 Å². The van der Waals surface area contributed by atoms with Gasteiger partial charge in [-0.2, -0.15) is 0 Å². The maximum absolute atomic E-state index is 11.3. The Hall–Kier alpha value is -2.30. The number of rotatable bonds is 5. The highest BCUT2D eigenvalue weighted by Crippen LogP contribution is 2.35. The Morgan fingerprint density at radius 1 is 1.37 bits per heavy atom. The molecule has 0 atom stereocenters. The predicted octanol–water partition coefficient (Wildman–Crippen LogP) is 1.73. The Kier molecular flexibility index (Phi) is 4.18. The first-order valence-electron chi connectivity index (χ1n) is 5.95. The van der Waals surface area contributed by atoms with Crippen LogP contribution >= 0.6 is 0 Å². The average Bonchev–Trinajstić information content (AvgIpc) is 2.84. The van der Waals surface area contributed by atoms with Crippen LogP contribution in [0.2, 0.25) is 0 Å². The van der Waals surface area contributed by atoms with E-state index in [1.165, 1.54) is 6.08 Å². The van der Waals surface area contributed by atoms with Gasteiger partial charge >= 0.3 is 5.97 Å². The number of fused-ring (bicyclic) bond motifs is 1. The van der Waals surface area contributed by atoms with Crippen LogP contribution < -0.4 is 9.47 Å². The molecule has 0 aliphatic carbocycles. The third-order valence-electron chi connectivity index (χ3n) is 2.62. The van der Waals surface area contributed by atoms with Crippen molar-refractivity contribution in [2.75, 3.05) is 13.4 Å². The number of ether oxygens (including phenoxy) is 3. The molecular formula is C14H14O5. The van der Waals surface area contributed by atoms with E-state index in [1.807, 2.05) is 0 Å². The molecule has 2 rings (SSSR count). The van der Waals surface area contributed by atoms with Gasteiger partial charge in [0, 0.05) is 12.5 Å². The van der Waals surface area contributed by atoms with Gasteiger partial charge in [-0.15, -0.1) is 0 Å². The molecule has 1 aromatic carbocycles. The second kappa shape index (κ2) is 6.04. The summed E-state index contributed by atoms with van der Waals surface area (Å²) in [6, 6.07) is 3.50. The third kappa shape index (κ3) is 3.13. The lowest BCUT2D eigenvalue weighted by Gasteiger charge is -2.05. The van der Waals surface area contributed by atoms with Crippen molar-refractivity contribution in [3.05, 3.63) is 29.3 Å². The summed E-state index contributed by atoms with van der Waals surface area (Å²) in [5.41, 5.74) is 1.52. The zero-order valence-corrected chi connectivity index (χ0v) is 10.5. The normalized spacial score (nSPS) is 12.7. The van der Waals surface area contributed by atoms with Crippen molar-refractivity contribution in [1.29, 1.82) is 0 Å². The SMILES string of the molecule is CCOC(=O)/C=C/c1cc2c(cc1CC=O)OCO2. The van der Waals surface area contributed by atoms with Crippen LogP contribution in [-0.2, 0) is 20.7 Å². The van der Waals surface area contributed by atoms with Gasteiger partial charge in [0.1, 0.15) is 6.29 Å². The number of aldehydes is 1. The first kappa shape index (κ1) is 13.1. The van der Waals surface area contributed by atoms with E-state index in [0.29, 0.717) is 18.1 Å². The number of esters is 1. The minimum atomic E-state index is -0.419. The molecule has 0 amide bonds. The summed E-state index contributed by atoms with van der Waals surface area (Å²) in [6.45, 7) is 2.23. The fraction of sp³-hybridized carbons (Fsp3) is 0.286. The van der Waals surface area contributed by atoms with Crippen molar-refractivity contribution in [1.82, 2.24) is 0 Å². The van der Waals surface area contributed by atoms with Crippen LogP contribution in [-0.4, -0.2) is 25.7 Å². The monoisotopic (exact) mass is 262 g/mol. The predicted molar refractivity (Wildman–Crippen MR) is 68.0 cm³/mol. The van der Waals surface area contributed by atoms with E-state index in [9.17, 15) is 9.59 Å².